The molecular formula is C14H21FN2. The third-order valence-corrected chi connectivity index (χ3v) is 3.62. The summed E-state index contributed by atoms with van der Waals surface area (Å²) in [5.41, 5.74) is 2.30. The van der Waals surface area contributed by atoms with Crippen LogP contribution in [0.2, 0.25) is 0 Å². The lowest BCUT2D eigenvalue weighted by Crippen LogP contribution is -2.50. The van der Waals surface area contributed by atoms with Crippen LogP contribution in [0.5, 0.6) is 0 Å². The average molecular weight is 236 g/mol. The van der Waals surface area contributed by atoms with Gasteiger partial charge in [-0.05, 0) is 36.6 Å². The predicted molar refractivity (Wildman–Crippen MR) is 68.5 cm³/mol. The van der Waals surface area contributed by atoms with Gasteiger partial charge in [0.25, 0.3) is 0 Å². The van der Waals surface area contributed by atoms with Crippen LogP contribution >= 0.6 is 0 Å². The van der Waals surface area contributed by atoms with Crippen LogP contribution in [-0.4, -0.2) is 30.6 Å². The van der Waals surface area contributed by atoms with E-state index in [-0.39, 0.29) is 5.82 Å². The Morgan fingerprint density at radius 3 is 3.00 bits per heavy atom. The molecule has 1 heterocycles. The number of piperazine rings is 1. The van der Waals surface area contributed by atoms with Crippen molar-refractivity contribution in [2.24, 2.45) is 0 Å². The summed E-state index contributed by atoms with van der Waals surface area (Å²) < 4.78 is 13.0. The molecule has 2 nitrogen and oxygen atoms in total. The SMILES string of the molecule is CCC1CNCCN1Cc1ccc(F)cc1C. The number of rotatable bonds is 3. The fraction of sp³-hybridized carbons (Fsp3) is 0.571. The van der Waals surface area contributed by atoms with Crippen LogP contribution in [-0.2, 0) is 6.54 Å². The highest BCUT2D eigenvalue weighted by molar-refractivity contribution is 5.26. The lowest BCUT2D eigenvalue weighted by atomic mass is 10.1. The molecule has 1 fully saturated rings. The molecule has 0 amide bonds. The Balaban J connectivity index is 2.08. The molecule has 1 N–H and O–H groups in total. The van der Waals surface area contributed by atoms with Crippen molar-refractivity contribution in [2.75, 3.05) is 19.6 Å². The molecule has 0 bridgehead atoms. The van der Waals surface area contributed by atoms with Gasteiger partial charge < -0.3 is 5.32 Å². The van der Waals surface area contributed by atoms with E-state index in [9.17, 15) is 4.39 Å². The molecule has 17 heavy (non-hydrogen) atoms. The van der Waals surface area contributed by atoms with Gasteiger partial charge in [-0.25, -0.2) is 4.39 Å². The highest BCUT2D eigenvalue weighted by Crippen LogP contribution is 2.16. The maximum absolute atomic E-state index is 13.0. The fourth-order valence-corrected chi connectivity index (χ4v) is 2.47. The molecule has 1 unspecified atom stereocenters. The van der Waals surface area contributed by atoms with Gasteiger partial charge in [-0.1, -0.05) is 13.0 Å². The number of aryl methyl sites for hydroxylation is 1. The summed E-state index contributed by atoms with van der Waals surface area (Å²) in [5.74, 6) is -0.140. The van der Waals surface area contributed by atoms with Crippen LogP contribution in [0.15, 0.2) is 18.2 Å². The maximum Gasteiger partial charge on any atom is 0.123 e. The van der Waals surface area contributed by atoms with Gasteiger partial charge in [0, 0.05) is 32.2 Å². The van der Waals surface area contributed by atoms with Crippen molar-refractivity contribution in [2.45, 2.75) is 32.9 Å². The van der Waals surface area contributed by atoms with E-state index >= 15 is 0 Å². The Bertz CT molecular complexity index is 378. The van der Waals surface area contributed by atoms with Gasteiger partial charge in [0.05, 0.1) is 0 Å². The summed E-state index contributed by atoms with van der Waals surface area (Å²) in [4.78, 5) is 2.50. The standard InChI is InChI=1S/C14H21FN2/c1-3-14-9-16-6-7-17(14)10-12-4-5-13(15)8-11(12)2/h4-5,8,14,16H,3,6-7,9-10H2,1-2H3. The third kappa shape index (κ3) is 3.05. The molecule has 3 heteroatoms. The van der Waals surface area contributed by atoms with E-state index in [1.807, 2.05) is 13.0 Å². The Kier molecular flexibility index (Phi) is 4.13. The summed E-state index contributed by atoms with van der Waals surface area (Å²) in [6.45, 7) is 8.35. The molecule has 94 valence electrons. The van der Waals surface area contributed by atoms with E-state index in [0.29, 0.717) is 6.04 Å². The molecule has 1 aromatic rings. The van der Waals surface area contributed by atoms with Crippen LogP contribution in [0.4, 0.5) is 4.39 Å². The minimum absolute atomic E-state index is 0.140. The summed E-state index contributed by atoms with van der Waals surface area (Å²) >= 11 is 0. The van der Waals surface area contributed by atoms with Gasteiger partial charge in [0.15, 0.2) is 0 Å². The monoisotopic (exact) mass is 236 g/mol. The minimum atomic E-state index is -0.140. The molecule has 0 spiro atoms. The van der Waals surface area contributed by atoms with Crippen LogP contribution < -0.4 is 5.32 Å². The topological polar surface area (TPSA) is 15.3 Å². The first-order chi connectivity index (χ1) is 8.20. The van der Waals surface area contributed by atoms with Crippen LogP contribution in [0.25, 0.3) is 0 Å². The van der Waals surface area contributed by atoms with Gasteiger partial charge >= 0.3 is 0 Å². The molecule has 1 atom stereocenters. The first-order valence-electron chi connectivity index (χ1n) is 6.40. The molecule has 0 aliphatic carbocycles. The van der Waals surface area contributed by atoms with E-state index < -0.39 is 0 Å². The summed E-state index contributed by atoms with van der Waals surface area (Å²) in [7, 11) is 0. The highest BCUT2D eigenvalue weighted by atomic mass is 19.1. The molecule has 0 radical (unpaired) electrons. The lowest BCUT2D eigenvalue weighted by Gasteiger charge is -2.36. The van der Waals surface area contributed by atoms with Crippen LogP contribution in [0, 0.1) is 12.7 Å². The second-order valence-electron chi connectivity index (χ2n) is 4.81. The van der Waals surface area contributed by atoms with Crippen molar-refractivity contribution in [3.63, 3.8) is 0 Å². The second-order valence-corrected chi connectivity index (χ2v) is 4.81. The smallest absolute Gasteiger partial charge is 0.123 e. The first kappa shape index (κ1) is 12.5. The van der Waals surface area contributed by atoms with E-state index in [2.05, 4.69) is 17.1 Å². The van der Waals surface area contributed by atoms with Crippen molar-refractivity contribution in [3.05, 3.63) is 35.1 Å². The van der Waals surface area contributed by atoms with Gasteiger partial charge in [-0.15, -0.1) is 0 Å². The summed E-state index contributed by atoms with van der Waals surface area (Å²) in [6.07, 6.45) is 1.16. The van der Waals surface area contributed by atoms with Gasteiger partial charge in [0.1, 0.15) is 5.82 Å². The molecular weight excluding hydrogens is 215 g/mol. The molecule has 0 saturated carbocycles. The zero-order chi connectivity index (χ0) is 12.3. The van der Waals surface area contributed by atoms with Gasteiger partial charge in [0.2, 0.25) is 0 Å². The van der Waals surface area contributed by atoms with Crippen molar-refractivity contribution >= 4 is 0 Å². The summed E-state index contributed by atoms with van der Waals surface area (Å²) in [6, 6.07) is 5.71. The van der Waals surface area contributed by atoms with Crippen molar-refractivity contribution in [1.82, 2.24) is 10.2 Å². The Labute approximate surface area is 103 Å². The van der Waals surface area contributed by atoms with Crippen LogP contribution in [0.3, 0.4) is 0 Å². The minimum Gasteiger partial charge on any atom is -0.314 e. The zero-order valence-electron chi connectivity index (χ0n) is 10.7. The highest BCUT2D eigenvalue weighted by Gasteiger charge is 2.20. The second kappa shape index (κ2) is 5.61. The fourth-order valence-electron chi connectivity index (χ4n) is 2.47. The van der Waals surface area contributed by atoms with E-state index in [1.165, 1.54) is 5.56 Å². The molecule has 1 aliphatic heterocycles. The van der Waals surface area contributed by atoms with E-state index in [1.54, 1.807) is 12.1 Å². The van der Waals surface area contributed by atoms with Crippen molar-refractivity contribution < 1.29 is 4.39 Å². The zero-order valence-corrected chi connectivity index (χ0v) is 10.7. The van der Waals surface area contributed by atoms with Gasteiger partial charge in [-0.2, -0.15) is 0 Å². The molecule has 2 rings (SSSR count). The maximum atomic E-state index is 13.0. The number of nitrogens with one attached hydrogen (secondary N) is 1. The predicted octanol–water partition coefficient (Wildman–Crippen LogP) is 2.32. The van der Waals surface area contributed by atoms with Crippen molar-refractivity contribution in [1.29, 1.82) is 0 Å². The number of nitrogens with zero attached hydrogens (tertiary/aromatic N) is 1. The molecule has 0 aromatic heterocycles. The Hall–Kier alpha value is -0.930. The molecule has 1 aromatic carbocycles. The number of hydrogen-bond donors (Lipinski definition) is 1. The molecule has 1 saturated heterocycles. The largest absolute Gasteiger partial charge is 0.314 e. The summed E-state index contributed by atoms with van der Waals surface area (Å²) in [5, 5.41) is 3.42. The third-order valence-electron chi connectivity index (χ3n) is 3.62. The first-order valence-corrected chi connectivity index (χ1v) is 6.40. The lowest BCUT2D eigenvalue weighted by molar-refractivity contribution is 0.149. The normalized spacial score (nSPS) is 21.7. The number of halogens is 1. The van der Waals surface area contributed by atoms with Crippen molar-refractivity contribution in [3.8, 4) is 0 Å². The van der Waals surface area contributed by atoms with Gasteiger partial charge in [-0.3, -0.25) is 4.90 Å². The quantitative estimate of drug-likeness (QED) is 0.866. The average Bonchev–Trinajstić information content (AvgIpc) is 2.33. The molecule has 1 aliphatic rings. The van der Waals surface area contributed by atoms with Crippen LogP contribution in [0.1, 0.15) is 24.5 Å². The van der Waals surface area contributed by atoms with E-state index in [0.717, 1.165) is 38.2 Å². The number of benzene rings is 1. The van der Waals surface area contributed by atoms with E-state index in [4.69, 9.17) is 0 Å². The number of hydrogen-bond acceptors (Lipinski definition) is 2. The Morgan fingerprint density at radius 1 is 1.47 bits per heavy atom. The Morgan fingerprint density at radius 2 is 2.29 bits per heavy atom.